The predicted octanol–water partition coefficient (Wildman–Crippen LogP) is 1.65. The highest BCUT2D eigenvalue weighted by molar-refractivity contribution is 5.79. The lowest BCUT2D eigenvalue weighted by Gasteiger charge is -2.39. The zero-order chi connectivity index (χ0) is 18.4. The van der Waals surface area contributed by atoms with Gasteiger partial charge in [-0.1, -0.05) is 19.3 Å². The van der Waals surface area contributed by atoms with Crippen molar-refractivity contribution in [3.63, 3.8) is 0 Å². The van der Waals surface area contributed by atoms with E-state index in [-0.39, 0.29) is 17.4 Å². The van der Waals surface area contributed by atoms with Crippen LogP contribution in [0.15, 0.2) is 10.9 Å². The third-order valence-corrected chi connectivity index (χ3v) is 5.50. The van der Waals surface area contributed by atoms with Gasteiger partial charge in [-0.3, -0.25) is 19.5 Å². The zero-order valence-electron chi connectivity index (χ0n) is 15.7. The highest BCUT2D eigenvalue weighted by atomic mass is 16.2. The summed E-state index contributed by atoms with van der Waals surface area (Å²) in [4.78, 5) is 33.3. The van der Waals surface area contributed by atoms with E-state index in [0.29, 0.717) is 30.8 Å². The number of rotatable bonds is 6. The van der Waals surface area contributed by atoms with Crippen LogP contribution in [-0.2, 0) is 4.79 Å². The fourth-order valence-corrected chi connectivity index (χ4v) is 4.17. The van der Waals surface area contributed by atoms with Gasteiger partial charge in [-0.05, 0) is 39.2 Å². The maximum Gasteiger partial charge on any atom is 0.252 e. The summed E-state index contributed by atoms with van der Waals surface area (Å²) >= 11 is 0. The lowest BCUT2D eigenvalue weighted by molar-refractivity contribution is -0.127. The quantitative estimate of drug-likeness (QED) is 0.671. The van der Waals surface area contributed by atoms with E-state index in [0.717, 1.165) is 25.9 Å². The minimum Gasteiger partial charge on any atom is -0.354 e. The number of amides is 1. The molecule has 0 aromatic carbocycles. The molecule has 7 heteroatoms. The van der Waals surface area contributed by atoms with E-state index in [1.807, 2.05) is 0 Å². The van der Waals surface area contributed by atoms with Crippen LogP contribution in [0, 0.1) is 12.8 Å². The van der Waals surface area contributed by atoms with Crippen LogP contribution in [0.3, 0.4) is 0 Å². The third-order valence-electron chi connectivity index (χ3n) is 5.50. The van der Waals surface area contributed by atoms with Gasteiger partial charge in [0.1, 0.15) is 0 Å². The summed E-state index contributed by atoms with van der Waals surface area (Å²) in [6, 6.07) is 2.14. The molecule has 7 nitrogen and oxygen atoms in total. The Morgan fingerprint density at radius 3 is 2.81 bits per heavy atom. The number of carbonyl (C=O) groups excluding carboxylic acids is 1. The van der Waals surface area contributed by atoms with Crippen molar-refractivity contribution in [2.24, 2.45) is 5.92 Å². The molecule has 0 spiro atoms. The summed E-state index contributed by atoms with van der Waals surface area (Å²) < 4.78 is 0. The molecule has 2 heterocycles. The van der Waals surface area contributed by atoms with Crippen LogP contribution in [0.4, 0.5) is 5.95 Å². The fraction of sp³-hybridized carbons (Fsp3) is 0.737. The Balaban J connectivity index is 1.40. The molecule has 0 radical (unpaired) electrons. The van der Waals surface area contributed by atoms with Crippen LogP contribution in [0.5, 0.6) is 0 Å². The molecule has 1 saturated carbocycles. The number of nitrogens with zero attached hydrogens (tertiary/aromatic N) is 2. The minimum absolute atomic E-state index is 0.0996. The normalized spacial score (nSPS) is 22.1. The molecule has 26 heavy (non-hydrogen) atoms. The van der Waals surface area contributed by atoms with Crippen LogP contribution in [-0.4, -0.2) is 53.0 Å². The maximum atomic E-state index is 12.5. The molecule has 1 atom stereocenters. The fourth-order valence-electron chi connectivity index (χ4n) is 4.17. The minimum atomic E-state index is -0.172. The number of carbonyl (C=O) groups is 1. The lowest BCUT2D eigenvalue weighted by atomic mass is 9.90. The Morgan fingerprint density at radius 2 is 2.04 bits per heavy atom. The zero-order valence-corrected chi connectivity index (χ0v) is 15.7. The van der Waals surface area contributed by atoms with Crippen LogP contribution < -0.4 is 16.2 Å². The Hall–Kier alpha value is -1.89. The summed E-state index contributed by atoms with van der Waals surface area (Å²) in [5, 5.41) is 6.08. The summed E-state index contributed by atoms with van der Waals surface area (Å²) in [5.74, 6) is 0.700. The first-order valence-electron chi connectivity index (χ1n) is 9.95. The topological polar surface area (TPSA) is 90.1 Å². The number of hydrogen-bond acceptors (Lipinski definition) is 5. The largest absolute Gasteiger partial charge is 0.354 e. The van der Waals surface area contributed by atoms with Gasteiger partial charge in [-0.15, -0.1) is 0 Å². The van der Waals surface area contributed by atoms with Crippen molar-refractivity contribution in [1.82, 2.24) is 20.2 Å². The van der Waals surface area contributed by atoms with E-state index < -0.39 is 0 Å². The van der Waals surface area contributed by atoms with E-state index in [9.17, 15) is 9.59 Å². The standard InChI is InChI=1S/C19H31N5O2/c1-14-12-17(25)23-19(22-14)21-10-9-20-18(26)15-6-5-11-24(13-15)16-7-3-2-4-8-16/h12,15-16H,2-11,13H2,1H3,(H,20,26)(H2,21,22,23,25). The predicted molar refractivity (Wildman–Crippen MR) is 102 cm³/mol. The monoisotopic (exact) mass is 361 g/mol. The Labute approximate surface area is 155 Å². The molecule has 2 fully saturated rings. The van der Waals surface area contributed by atoms with Crippen molar-refractivity contribution in [2.45, 2.75) is 57.9 Å². The van der Waals surface area contributed by atoms with E-state index in [4.69, 9.17) is 0 Å². The van der Waals surface area contributed by atoms with Crippen LogP contribution >= 0.6 is 0 Å². The van der Waals surface area contributed by atoms with E-state index >= 15 is 0 Å². The lowest BCUT2D eigenvalue weighted by Crippen LogP contribution is -2.48. The molecule has 1 aliphatic heterocycles. The smallest absolute Gasteiger partial charge is 0.252 e. The van der Waals surface area contributed by atoms with Crippen molar-refractivity contribution >= 4 is 11.9 Å². The van der Waals surface area contributed by atoms with Gasteiger partial charge >= 0.3 is 0 Å². The summed E-state index contributed by atoms with van der Waals surface area (Å²) in [6.07, 6.45) is 8.70. The molecule has 1 aliphatic carbocycles. The second-order valence-corrected chi connectivity index (χ2v) is 7.58. The van der Waals surface area contributed by atoms with E-state index in [1.165, 1.54) is 38.2 Å². The maximum absolute atomic E-state index is 12.5. The first-order valence-corrected chi connectivity index (χ1v) is 9.95. The first kappa shape index (κ1) is 18.9. The van der Waals surface area contributed by atoms with E-state index in [1.54, 1.807) is 6.92 Å². The highest BCUT2D eigenvalue weighted by Gasteiger charge is 2.30. The SMILES string of the molecule is Cc1cc(=O)[nH]c(NCCNC(=O)C2CCCN(C3CCCCC3)C2)n1. The highest BCUT2D eigenvalue weighted by Crippen LogP contribution is 2.27. The van der Waals surface area contributed by atoms with Gasteiger partial charge in [0.15, 0.2) is 0 Å². The number of anilines is 1. The van der Waals surface area contributed by atoms with Crippen LogP contribution in [0.25, 0.3) is 0 Å². The van der Waals surface area contributed by atoms with Gasteiger partial charge in [-0.25, -0.2) is 4.98 Å². The first-order chi connectivity index (χ1) is 12.6. The molecule has 2 aliphatic rings. The van der Waals surface area contributed by atoms with Gasteiger partial charge in [0.05, 0.1) is 5.92 Å². The number of aryl methyl sites for hydroxylation is 1. The van der Waals surface area contributed by atoms with Gasteiger partial charge in [0.25, 0.3) is 5.56 Å². The molecule has 1 unspecified atom stereocenters. The molecule has 1 saturated heterocycles. The number of H-pyrrole nitrogens is 1. The number of aromatic nitrogens is 2. The van der Waals surface area contributed by atoms with E-state index in [2.05, 4.69) is 25.5 Å². The van der Waals surface area contributed by atoms with Gasteiger partial charge in [-0.2, -0.15) is 0 Å². The Bertz CT molecular complexity index is 654. The molecule has 0 bridgehead atoms. The Morgan fingerprint density at radius 1 is 1.23 bits per heavy atom. The number of aromatic amines is 1. The van der Waals surface area contributed by atoms with Crippen molar-refractivity contribution in [1.29, 1.82) is 0 Å². The molecule has 3 N–H and O–H groups in total. The van der Waals surface area contributed by atoms with Gasteiger partial charge in [0.2, 0.25) is 11.9 Å². The molecule has 1 aromatic heterocycles. The molecular formula is C19H31N5O2. The van der Waals surface area contributed by atoms with Crippen molar-refractivity contribution in [3.05, 3.63) is 22.1 Å². The average molecular weight is 361 g/mol. The molecule has 3 rings (SSSR count). The summed E-state index contributed by atoms with van der Waals surface area (Å²) in [7, 11) is 0. The number of nitrogens with one attached hydrogen (secondary N) is 3. The molecular weight excluding hydrogens is 330 g/mol. The van der Waals surface area contributed by atoms with Crippen molar-refractivity contribution in [3.8, 4) is 0 Å². The summed E-state index contributed by atoms with van der Waals surface area (Å²) in [5.41, 5.74) is 0.499. The second-order valence-electron chi connectivity index (χ2n) is 7.58. The van der Waals surface area contributed by atoms with Crippen LogP contribution in [0.2, 0.25) is 0 Å². The molecule has 144 valence electrons. The van der Waals surface area contributed by atoms with Crippen LogP contribution in [0.1, 0.15) is 50.6 Å². The van der Waals surface area contributed by atoms with Gasteiger partial charge < -0.3 is 10.6 Å². The summed E-state index contributed by atoms with van der Waals surface area (Å²) in [6.45, 7) is 4.88. The number of piperidine rings is 1. The molecule has 1 aromatic rings. The second kappa shape index (κ2) is 9.16. The average Bonchev–Trinajstić information content (AvgIpc) is 2.65. The van der Waals surface area contributed by atoms with Crippen molar-refractivity contribution in [2.75, 3.05) is 31.5 Å². The Kier molecular flexibility index (Phi) is 6.66. The number of hydrogen-bond donors (Lipinski definition) is 3. The molecule has 1 amide bonds. The van der Waals surface area contributed by atoms with Crippen molar-refractivity contribution < 1.29 is 4.79 Å². The van der Waals surface area contributed by atoms with Gasteiger partial charge in [0, 0.05) is 37.4 Å². The third kappa shape index (κ3) is 5.30. The number of likely N-dealkylation sites (tertiary alicyclic amines) is 1.